The first-order valence-corrected chi connectivity index (χ1v) is 11.9. The number of carbonyl (C=O) groups is 5. The monoisotopic (exact) mass is 509 g/mol. The highest BCUT2D eigenvalue weighted by Gasteiger charge is 2.39. The molecule has 1 saturated heterocycles. The van der Waals surface area contributed by atoms with E-state index in [1.807, 2.05) is 13.8 Å². The molecular formula is C24H32ClN3O7. The van der Waals surface area contributed by atoms with Crippen molar-refractivity contribution in [1.82, 2.24) is 15.5 Å². The van der Waals surface area contributed by atoms with Crippen molar-refractivity contribution in [2.24, 2.45) is 5.92 Å². The van der Waals surface area contributed by atoms with Crippen molar-refractivity contribution >= 4 is 41.6 Å². The molecule has 0 bridgehead atoms. The van der Waals surface area contributed by atoms with E-state index >= 15 is 0 Å². The summed E-state index contributed by atoms with van der Waals surface area (Å²) in [5, 5.41) is 14.2. The van der Waals surface area contributed by atoms with Crippen LogP contribution in [0.1, 0.15) is 57.3 Å². The van der Waals surface area contributed by atoms with Gasteiger partial charge in [0.15, 0.2) is 0 Å². The number of aliphatic carboxylic acids is 1. The molecule has 1 aliphatic rings. The third-order valence-electron chi connectivity index (χ3n) is 5.50. The van der Waals surface area contributed by atoms with E-state index in [2.05, 4.69) is 10.6 Å². The van der Waals surface area contributed by atoms with E-state index in [0.29, 0.717) is 31.4 Å². The van der Waals surface area contributed by atoms with Gasteiger partial charge in [-0.1, -0.05) is 25.4 Å². The molecule has 0 spiro atoms. The molecule has 0 saturated carbocycles. The molecule has 3 atom stereocenters. The largest absolute Gasteiger partial charge is 0.491 e. The molecule has 1 heterocycles. The van der Waals surface area contributed by atoms with Crippen LogP contribution in [-0.4, -0.2) is 70.8 Å². The first kappa shape index (κ1) is 28.1. The Bertz CT molecular complexity index is 966. The van der Waals surface area contributed by atoms with Gasteiger partial charge in [-0.2, -0.15) is 0 Å². The molecule has 0 radical (unpaired) electrons. The summed E-state index contributed by atoms with van der Waals surface area (Å²) >= 11 is 6.28. The third-order valence-corrected chi connectivity index (χ3v) is 5.81. The second-order valence-electron chi connectivity index (χ2n) is 9.04. The summed E-state index contributed by atoms with van der Waals surface area (Å²) in [4.78, 5) is 62.4. The number of benzene rings is 1. The minimum Gasteiger partial charge on any atom is -0.491 e. The number of hydrogen-bond acceptors (Lipinski definition) is 6. The highest BCUT2D eigenvalue weighted by Crippen LogP contribution is 2.25. The molecule has 1 aliphatic heterocycles. The number of carboxylic acid groups (broad SMARTS) is 1. The average Bonchev–Trinajstić information content (AvgIpc) is 3.25. The Hall–Kier alpha value is -3.14. The van der Waals surface area contributed by atoms with E-state index in [1.165, 1.54) is 17.0 Å². The van der Waals surface area contributed by atoms with Crippen LogP contribution < -0.4 is 15.4 Å². The topological polar surface area (TPSA) is 142 Å². The highest BCUT2D eigenvalue weighted by molar-refractivity contribution is 6.34. The summed E-state index contributed by atoms with van der Waals surface area (Å²) in [6.45, 7) is 7.56. The molecule has 1 fully saturated rings. The van der Waals surface area contributed by atoms with Crippen molar-refractivity contribution in [2.45, 2.75) is 71.2 Å². The molecule has 35 heavy (non-hydrogen) atoms. The van der Waals surface area contributed by atoms with Crippen molar-refractivity contribution in [2.75, 3.05) is 6.54 Å². The Labute approximate surface area is 209 Å². The van der Waals surface area contributed by atoms with Crippen molar-refractivity contribution in [3.8, 4) is 5.75 Å². The molecule has 0 aromatic heterocycles. The fraction of sp³-hybridized carbons (Fsp3) is 0.542. The summed E-state index contributed by atoms with van der Waals surface area (Å²) in [5.41, 5.74) is 0.180. The van der Waals surface area contributed by atoms with Crippen LogP contribution in [-0.2, 0) is 19.2 Å². The van der Waals surface area contributed by atoms with Gasteiger partial charge in [0.05, 0.1) is 29.2 Å². The van der Waals surface area contributed by atoms with Gasteiger partial charge in [-0.15, -0.1) is 0 Å². The quantitative estimate of drug-likeness (QED) is 0.387. The minimum atomic E-state index is -1.23. The van der Waals surface area contributed by atoms with Gasteiger partial charge >= 0.3 is 5.97 Å². The number of nitrogens with one attached hydrogen (secondary N) is 2. The van der Waals surface area contributed by atoms with Crippen LogP contribution in [0.4, 0.5) is 0 Å². The number of carboxylic acids is 1. The standard InChI is InChI=1S/C24H32ClN3O7/c1-13(2)21(27-22(32)17-8-7-16(11-18(17)25)35-14(3)4)24(34)28-9-5-6-19(28)23(33)26-15(12-29)10-20(30)31/h7-8,11-15,19,21H,5-6,9-10H2,1-4H3,(H,26,33)(H,27,32)(H,30,31)/t15-,19-,21-/m0/s1. The number of halogens is 1. The van der Waals surface area contributed by atoms with Crippen molar-refractivity contribution in [1.29, 1.82) is 0 Å². The Balaban J connectivity index is 2.15. The molecular weight excluding hydrogens is 478 g/mol. The Morgan fingerprint density at radius 1 is 1.20 bits per heavy atom. The van der Waals surface area contributed by atoms with Gasteiger partial charge in [-0.25, -0.2) is 0 Å². The number of nitrogens with zero attached hydrogens (tertiary/aromatic N) is 1. The highest BCUT2D eigenvalue weighted by atomic mass is 35.5. The van der Waals surface area contributed by atoms with Gasteiger partial charge < -0.3 is 30.2 Å². The van der Waals surface area contributed by atoms with Crippen molar-refractivity contribution in [3.05, 3.63) is 28.8 Å². The summed E-state index contributed by atoms with van der Waals surface area (Å²) in [7, 11) is 0. The third kappa shape index (κ3) is 7.68. The number of carbonyl (C=O) groups excluding carboxylic acids is 4. The molecule has 192 valence electrons. The van der Waals surface area contributed by atoms with Crippen LogP contribution in [0.25, 0.3) is 0 Å². The summed E-state index contributed by atoms with van der Waals surface area (Å²) in [6, 6.07) is 1.68. The Morgan fingerprint density at radius 3 is 2.43 bits per heavy atom. The first-order chi connectivity index (χ1) is 16.4. The second kappa shape index (κ2) is 12.5. The van der Waals surface area contributed by atoms with Crippen molar-refractivity contribution in [3.63, 3.8) is 0 Å². The lowest BCUT2D eigenvalue weighted by Gasteiger charge is -2.31. The summed E-state index contributed by atoms with van der Waals surface area (Å²) < 4.78 is 5.58. The molecule has 0 aliphatic carbocycles. The Kier molecular flexibility index (Phi) is 10.1. The molecule has 0 unspecified atom stereocenters. The smallest absolute Gasteiger partial charge is 0.305 e. The van der Waals surface area contributed by atoms with Crippen molar-refractivity contribution < 1.29 is 33.8 Å². The SMILES string of the molecule is CC(C)Oc1ccc(C(=O)N[C@H](C(=O)N2CCC[C@H]2C(=O)N[C@H](C=O)CC(=O)O)C(C)C)c(Cl)c1. The number of ether oxygens (including phenoxy) is 1. The average molecular weight is 510 g/mol. The maximum absolute atomic E-state index is 13.4. The normalized spacial score (nSPS) is 17.1. The molecule has 1 aromatic carbocycles. The van der Waals surface area contributed by atoms with Crippen LogP contribution in [0, 0.1) is 5.92 Å². The van der Waals surface area contributed by atoms with Crippen LogP contribution in [0.3, 0.4) is 0 Å². The van der Waals surface area contributed by atoms with Crippen LogP contribution in [0.15, 0.2) is 18.2 Å². The zero-order valence-corrected chi connectivity index (χ0v) is 21.0. The molecule has 3 amide bonds. The lowest BCUT2D eigenvalue weighted by Crippen LogP contribution is -2.56. The molecule has 11 heteroatoms. The van der Waals surface area contributed by atoms with E-state index in [9.17, 15) is 24.0 Å². The number of aldehydes is 1. The van der Waals surface area contributed by atoms with E-state index in [-0.39, 0.29) is 22.6 Å². The fourth-order valence-corrected chi connectivity index (χ4v) is 4.10. The maximum Gasteiger partial charge on any atom is 0.305 e. The van der Waals surface area contributed by atoms with Gasteiger partial charge in [0, 0.05) is 6.54 Å². The Morgan fingerprint density at radius 2 is 1.89 bits per heavy atom. The summed E-state index contributed by atoms with van der Waals surface area (Å²) in [5.74, 6) is -2.60. The van der Waals surface area contributed by atoms with E-state index < -0.39 is 48.2 Å². The van der Waals surface area contributed by atoms with Gasteiger partial charge in [0.2, 0.25) is 11.8 Å². The van der Waals surface area contributed by atoms with E-state index in [1.54, 1.807) is 19.9 Å². The van der Waals surface area contributed by atoms with Gasteiger partial charge in [0.25, 0.3) is 5.91 Å². The fourth-order valence-electron chi connectivity index (χ4n) is 3.84. The maximum atomic E-state index is 13.4. The number of rotatable bonds is 11. The first-order valence-electron chi connectivity index (χ1n) is 11.5. The lowest BCUT2D eigenvalue weighted by molar-refractivity contribution is -0.142. The van der Waals surface area contributed by atoms with Crippen LogP contribution >= 0.6 is 11.6 Å². The van der Waals surface area contributed by atoms with Gasteiger partial charge in [-0.3, -0.25) is 19.2 Å². The van der Waals surface area contributed by atoms with E-state index in [0.717, 1.165) is 0 Å². The lowest BCUT2D eigenvalue weighted by atomic mass is 10.0. The number of hydrogen-bond donors (Lipinski definition) is 3. The molecule has 1 aromatic rings. The molecule has 2 rings (SSSR count). The second-order valence-corrected chi connectivity index (χ2v) is 9.45. The van der Waals surface area contributed by atoms with Crippen LogP contribution in [0.2, 0.25) is 5.02 Å². The zero-order chi connectivity index (χ0) is 26.3. The molecule has 3 N–H and O–H groups in total. The zero-order valence-electron chi connectivity index (χ0n) is 20.2. The number of likely N-dealkylation sites (tertiary alicyclic amines) is 1. The van der Waals surface area contributed by atoms with Crippen LogP contribution in [0.5, 0.6) is 5.75 Å². The minimum absolute atomic E-state index is 0.0646. The van der Waals surface area contributed by atoms with Gasteiger partial charge in [-0.05, 0) is 50.8 Å². The molecule has 10 nitrogen and oxygen atoms in total. The number of amides is 3. The van der Waals surface area contributed by atoms with Gasteiger partial charge in [0.1, 0.15) is 24.1 Å². The predicted molar refractivity (Wildman–Crippen MR) is 128 cm³/mol. The predicted octanol–water partition coefficient (Wildman–Crippen LogP) is 2.03. The summed E-state index contributed by atoms with van der Waals surface area (Å²) in [6.07, 6.45) is 0.646. The van der Waals surface area contributed by atoms with E-state index in [4.69, 9.17) is 21.4 Å².